The molecule has 0 spiro atoms. The number of carboxylic acids is 1. The van der Waals surface area contributed by atoms with E-state index in [0.717, 1.165) is 0 Å². The number of aliphatic carboxylic acids is 1. The van der Waals surface area contributed by atoms with Gasteiger partial charge in [0.2, 0.25) is 0 Å². The van der Waals surface area contributed by atoms with E-state index < -0.39 is 24.9 Å². The minimum absolute atomic E-state index is 0.115. The molecule has 16 heavy (non-hydrogen) atoms. The number of hydrogen-bond acceptors (Lipinski definition) is 2. The summed E-state index contributed by atoms with van der Waals surface area (Å²) in [5.74, 6) is -1.44. The number of benzene rings is 1. The minimum Gasteiger partial charge on any atom is -0.480 e. The van der Waals surface area contributed by atoms with E-state index in [1.54, 1.807) is 6.07 Å². The van der Waals surface area contributed by atoms with E-state index in [2.05, 4.69) is 4.74 Å². The van der Waals surface area contributed by atoms with Gasteiger partial charge in [-0.05, 0) is 5.56 Å². The predicted molar refractivity (Wildman–Crippen MR) is 48.8 cm³/mol. The number of carbonyl (C=O) groups is 1. The van der Waals surface area contributed by atoms with Gasteiger partial charge in [-0.1, -0.05) is 30.3 Å². The number of rotatable bonds is 4. The highest BCUT2D eigenvalue weighted by atomic mass is 19.4. The maximum atomic E-state index is 12.5. The fraction of sp³-hybridized carbons (Fsp3) is 0.300. The minimum atomic E-state index is -4.63. The molecule has 0 aromatic heterocycles. The molecule has 1 atom stereocenters. The second-order valence-corrected chi connectivity index (χ2v) is 3.04. The molecular weight excluding hydrogens is 225 g/mol. The van der Waals surface area contributed by atoms with Crippen LogP contribution in [-0.2, 0) is 9.53 Å². The predicted octanol–water partition coefficient (Wildman–Crippen LogP) is 2.39. The first kappa shape index (κ1) is 12.5. The Morgan fingerprint density at radius 2 is 1.88 bits per heavy atom. The zero-order chi connectivity index (χ0) is 12.2. The van der Waals surface area contributed by atoms with Crippen LogP contribution in [0.3, 0.4) is 0 Å². The third-order valence-corrected chi connectivity index (χ3v) is 1.77. The summed E-state index contributed by atoms with van der Waals surface area (Å²) in [6, 6.07) is 6.89. The van der Waals surface area contributed by atoms with Crippen molar-refractivity contribution >= 4 is 5.97 Å². The molecule has 3 nitrogen and oxygen atoms in total. The molecule has 0 amide bonds. The summed E-state index contributed by atoms with van der Waals surface area (Å²) >= 11 is 0. The second-order valence-electron chi connectivity index (χ2n) is 3.04. The lowest BCUT2D eigenvalue weighted by molar-refractivity contribution is -0.225. The van der Waals surface area contributed by atoms with Crippen molar-refractivity contribution in [1.82, 2.24) is 0 Å². The Morgan fingerprint density at radius 3 is 2.31 bits per heavy atom. The Hall–Kier alpha value is -1.56. The van der Waals surface area contributed by atoms with Gasteiger partial charge in [0.05, 0.1) is 0 Å². The molecule has 0 radical (unpaired) electrons. The average molecular weight is 234 g/mol. The standard InChI is InChI=1S/C10H9F3O3/c11-10(12,13)9(16-6-8(14)15)7-4-2-1-3-5-7/h1-5,9H,6H2,(H,14,15)/t9-/m0/s1. The van der Waals surface area contributed by atoms with Crippen molar-refractivity contribution in [2.75, 3.05) is 6.61 Å². The molecule has 1 aromatic carbocycles. The fourth-order valence-corrected chi connectivity index (χ4v) is 1.16. The van der Waals surface area contributed by atoms with Gasteiger partial charge in [-0.3, -0.25) is 0 Å². The van der Waals surface area contributed by atoms with Gasteiger partial charge in [-0.15, -0.1) is 0 Å². The van der Waals surface area contributed by atoms with Gasteiger partial charge >= 0.3 is 12.1 Å². The first-order valence-corrected chi connectivity index (χ1v) is 4.36. The van der Waals surface area contributed by atoms with E-state index in [4.69, 9.17) is 5.11 Å². The van der Waals surface area contributed by atoms with Gasteiger partial charge in [0.15, 0.2) is 6.10 Å². The molecule has 0 aliphatic heterocycles. The van der Waals surface area contributed by atoms with E-state index in [1.807, 2.05) is 0 Å². The van der Waals surface area contributed by atoms with E-state index in [0.29, 0.717) is 0 Å². The lowest BCUT2D eigenvalue weighted by Gasteiger charge is -2.20. The molecule has 0 bridgehead atoms. The third kappa shape index (κ3) is 3.54. The number of hydrogen-bond donors (Lipinski definition) is 1. The fourth-order valence-electron chi connectivity index (χ4n) is 1.16. The number of ether oxygens (including phenoxy) is 1. The Labute approximate surface area is 89.5 Å². The summed E-state index contributed by atoms with van der Waals surface area (Å²) in [4.78, 5) is 10.2. The van der Waals surface area contributed by atoms with Gasteiger partial charge in [0.1, 0.15) is 6.61 Å². The highest BCUT2D eigenvalue weighted by Gasteiger charge is 2.42. The van der Waals surface area contributed by atoms with Crippen molar-refractivity contribution in [3.8, 4) is 0 Å². The van der Waals surface area contributed by atoms with Crippen LogP contribution in [0.25, 0.3) is 0 Å². The SMILES string of the molecule is O=C(O)CO[C@@H](c1ccccc1)C(F)(F)F. The molecule has 0 aliphatic rings. The number of alkyl halides is 3. The summed E-state index contributed by atoms with van der Waals surface area (Å²) in [6.07, 6.45) is -6.83. The summed E-state index contributed by atoms with van der Waals surface area (Å²) in [6.45, 7) is -0.987. The van der Waals surface area contributed by atoms with Crippen molar-refractivity contribution in [2.24, 2.45) is 0 Å². The lowest BCUT2D eigenvalue weighted by atomic mass is 10.1. The van der Waals surface area contributed by atoms with Crippen LogP contribution < -0.4 is 0 Å². The molecule has 0 fully saturated rings. The summed E-state index contributed by atoms with van der Waals surface area (Å²) in [5.41, 5.74) is -0.115. The van der Waals surface area contributed by atoms with E-state index in [9.17, 15) is 18.0 Å². The maximum Gasteiger partial charge on any atom is 0.418 e. The van der Waals surface area contributed by atoms with E-state index >= 15 is 0 Å². The molecule has 0 saturated heterocycles. The Morgan fingerprint density at radius 1 is 1.31 bits per heavy atom. The largest absolute Gasteiger partial charge is 0.480 e. The molecule has 0 heterocycles. The molecule has 0 saturated carbocycles. The van der Waals surface area contributed by atoms with Crippen LogP contribution in [-0.4, -0.2) is 23.9 Å². The molecule has 0 aliphatic carbocycles. The van der Waals surface area contributed by atoms with Crippen LogP contribution in [0.2, 0.25) is 0 Å². The molecule has 0 unspecified atom stereocenters. The monoisotopic (exact) mass is 234 g/mol. The summed E-state index contributed by atoms with van der Waals surface area (Å²) in [5, 5.41) is 8.28. The molecule has 1 N–H and O–H groups in total. The number of carboxylic acid groups (broad SMARTS) is 1. The van der Waals surface area contributed by atoms with Gasteiger partial charge in [0.25, 0.3) is 0 Å². The van der Waals surface area contributed by atoms with E-state index in [1.165, 1.54) is 24.3 Å². The van der Waals surface area contributed by atoms with Crippen LogP contribution in [0.5, 0.6) is 0 Å². The van der Waals surface area contributed by atoms with Gasteiger partial charge in [0, 0.05) is 0 Å². The Balaban J connectivity index is 2.84. The van der Waals surface area contributed by atoms with Gasteiger partial charge in [-0.2, -0.15) is 13.2 Å². The van der Waals surface area contributed by atoms with E-state index in [-0.39, 0.29) is 5.56 Å². The van der Waals surface area contributed by atoms with Crippen molar-refractivity contribution in [3.05, 3.63) is 35.9 Å². The molecular formula is C10H9F3O3. The highest BCUT2D eigenvalue weighted by molar-refractivity contribution is 5.68. The van der Waals surface area contributed by atoms with Crippen molar-refractivity contribution < 1.29 is 27.8 Å². The summed E-state index contributed by atoms with van der Waals surface area (Å²) in [7, 11) is 0. The summed E-state index contributed by atoms with van der Waals surface area (Å²) < 4.78 is 41.9. The third-order valence-electron chi connectivity index (χ3n) is 1.77. The van der Waals surface area contributed by atoms with Crippen LogP contribution in [0.4, 0.5) is 13.2 Å². The van der Waals surface area contributed by atoms with Gasteiger partial charge < -0.3 is 9.84 Å². The average Bonchev–Trinajstić information content (AvgIpc) is 2.17. The van der Waals surface area contributed by atoms with Crippen LogP contribution >= 0.6 is 0 Å². The topological polar surface area (TPSA) is 46.5 Å². The first-order valence-electron chi connectivity index (χ1n) is 4.36. The van der Waals surface area contributed by atoms with Crippen LogP contribution in [0.1, 0.15) is 11.7 Å². The second kappa shape index (κ2) is 4.98. The molecule has 1 rings (SSSR count). The van der Waals surface area contributed by atoms with Gasteiger partial charge in [-0.25, -0.2) is 4.79 Å². The first-order chi connectivity index (χ1) is 7.41. The van der Waals surface area contributed by atoms with Crippen molar-refractivity contribution in [2.45, 2.75) is 12.3 Å². The highest BCUT2D eigenvalue weighted by Crippen LogP contribution is 2.35. The zero-order valence-corrected chi connectivity index (χ0v) is 8.07. The van der Waals surface area contributed by atoms with Crippen LogP contribution in [0.15, 0.2) is 30.3 Å². The lowest BCUT2D eigenvalue weighted by Crippen LogP contribution is -2.25. The molecule has 1 aromatic rings. The van der Waals surface area contributed by atoms with Crippen molar-refractivity contribution in [3.63, 3.8) is 0 Å². The van der Waals surface area contributed by atoms with Crippen molar-refractivity contribution in [1.29, 1.82) is 0 Å². The normalized spacial score (nSPS) is 13.4. The number of halogens is 3. The Bertz CT molecular complexity index is 348. The molecule has 6 heteroatoms. The quantitative estimate of drug-likeness (QED) is 0.870. The smallest absolute Gasteiger partial charge is 0.418 e. The molecule has 88 valence electrons. The Kier molecular flexibility index (Phi) is 3.89. The van der Waals surface area contributed by atoms with Crippen LogP contribution in [0, 0.1) is 0 Å². The zero-order valence-electron chi connectivity index (χ0n) is 8.07. The maximum absolute atomic E-state index is 12.5.